The lowest BCUT2D eigenvalue weighted by Gasteiger charge is -2.20. The molecule has 1 N–H and O–H groups in total. The lowest BCUT2D eigenvalue weighted by atomic mass is 10.1. The molecular formula is C21H33N3O2. The van der Waals surface area contributed by atoms with E-state index in [4.69, 9.17) is 4.42 Å². The van der Waals surface area contributed by atoms with Crippen molar-refractivity contribution >= 4 is 17.0 Å². The highest BCUT2D eigenvalue weighted by atomic mass is 16.3. The van der Waals surface area contributed by atoms with E-state index in [1.807, 2.05) is 30.5 Å². The molecule has 0 aliphatic carbocycles. The second kappa shape index (κ2) is 9.08. The Morgan fingerprint density at radius 1 is 1.35 bits per heavy atom. The average Bonchev–Trinajstić information content (AvgIpc) is 3.08. The zero-order valence-electron chi connectivity index (χ0n) is 16.9. The smallest absolute Gasteiger partial charge is 0.268 e. The Labute approximate surface area is 157 Å². The molecule has 0 saturated carbocycles. The fraction of sp³-hybridized carbons (Fsp3) is 0.571. The van der Waals surface area contributed by atoms with Crippen molar-refractivity contribution in [2.75, 3.05) is 19.6 Å². The van der Waals surface area contributed by atoms with Crippen molar-refractivity contribution in [1.29, 1.82) is 0 Å². The monoisotopic (exact) mass is 359 g/mol. The Kier molecular flexibility index (Phi) is 7.09. The molecule has 0 aromatic carbocycles. The lowest BCUT2D eigenvalue weighted by molar-refractivity contribution is 0.0928. The summed E-state index contributed by atoms with van der Waals surface area (Å²) in [5.41, 5.74) is 3.34. The van der Waals surface area contributed by atoms with Crippen LogP contribution in [0.15, 0.2) is 28.7 Å². The normalized spacial score (nSPS) is 12.7. The molecule has 1 amide bonds. The molecular weight excluding hydrogens is 326 g/mol. The fourth-order valence-corrected chi connectivity index (χ4v) is 3.32. The van der Waals surface area contributed by atoms with Crippen molar-refractivity contribution in [2.45, 2.75) is 60.0 Å². The summed E-state index contributed by atoms with van der Waals surface area (Å²) in [6.45, 7) is 18.1. The van der Waals surface area contributed by atoms with Crippen LogP contribution < -0.4 is 5.32 Å². The van der Waals surface area contributed by atoms with Gasteiger partial charge >= 0.3 is 0 Å². The van der Waals surface area contributed by atoms with Gasteiger partial charge in [-0.25, -0.2) is 0 Å². The van der Waals surface area contributed by atoms with E-state index >= 15 is 0 Å². The number of rotatable bonds is 10. The molecule has 2 heterocycles. The summed E-state index contributed by atoms with van der Waals surface area (Å²) in [6.07, 6.45) is 2.05. The quantitative estimate of drug-likeness (QED) is 0.641. The first-order valence-electron chi connectivity index (χ1n) is 9.62. The summed E-state index contributed by atoms with van der Waals surface area (Å²) >= 11 is 0. The van der Waals surface area contributed by atoms with E-state index in [1.54, 1.807) is 0 Å². The second-order valence-corrected chi connectivity index (χ2v) is 7.22. The zero-order valence-corrected chi connectivity index (χ0v) is 16.9. The minimum absolute atomic E-state index is 0.0503. The molecule has 0 fully saturated rings. The van der Waals surface area contributed by atoms with Crippen LogP contribution in [0.5, 0.6) is 0 Å². The van der Waals surface area contributed by atoms with E-state index in [2.05, 4.69) is 37.6 Å². The van der Waals surface area contributed by atoms with Crippen LogP contribution in [0.4, 0.5) is 0 Å². The lowest BCUT2D eigenvalue weighted by Crippen LogP contribution is -2.34. The van der Waals surface area contributed by atoms with Crippen LogP contribution >= 0.6 is 0 Å². The van der Waals surface area contributed by atoms with E-state index in [-0.39, 0.29) is 11.9 Å². The standard InChI is InChI=1S/C21H33N3O2/c1-7-23(8-2)11-9-10-16(5)22-21(25)19-13-20-18(12-17(6)26-20)24(19)14-15(3)4/h12-13,16H,3,7-11,14H2,1-2,4-6H3,(H,22,25). The molecule has 0 spiro atoms. The Hall–Kier alpha value is -2.01. The van der Waals surface area contributed by atoms with Crippen molar-refractivity contribution < 1.29 is 9.21 Å². The maximum atomic E-state index is 12.8. The molecule has 2 aromatic heterocycles. The van der Waals surface area contributed by atoms with Gasteiger partial charge in [-0.2, -0.15) is 0 Å². The van der Waals surface area contributed by atoms with Gasteiger partial charge in [-0.15, -0.1) is 0 Å². The van der Waals surface area contributed by atoms with Crippen molar-refractivity contribution in [3.63, 3.8) is 0 Å². The average molecular weight is 360 g/mol. The highest BCUT2D eigenvalue weighted by Gasteiger charge is 2.19. The third-order valence-electron chi connectivity index (χ3n) is 4.76. The van der Waals surface area contributed by atoms with Gasteiger partial charge in [0, 0.05) is 24.7 Å². The van der Waals surface area contributed by atoms with Crippen molar-refractivity contribution in [3.8, 4) is 0 Å². The van der Waals surface area contributed by atoms with Gasteiger partial charge in [-0.1, -0.05) is 26.0 Å². The van der Waals surface area contributed by atoms with E-state index < -0.39 is 0 Å². The summed E-state index contributed by atoms with van der Waals surface area (Å²) in [5.74, 6) is 0.799. The minimum Gasteiger partial charge on any atom is -0.460 e. The number of hydrogen-bond acceptors (Lipinski definition) is 3. The maximum Gasteiger partial charge on any atom is 0.268 e. The largest absolute Gasteiger partial charge is 0.460 e. The predicted octanol–water partition coefficient (Wildman–Crippen LogP) is 4.36. The zero-order chi connectivity index (χ0) is 19.3. The van der Waals surface area contributed by atoms with Crippen molar-refractivity contribution in [2.24, 2.45) is 0 Å². The van der Waals surface area contributed by atoms with Crippen molar-refractivity contribution in [1.82, 2.24) is 14.8 Å². The number of aromatic nitrogens is 1. The molecule has 144 valence electrons. The van der Waals surface area contributed by atoms with E-state index in [9.17, 15) is 4.79 Å². The number of hydrogen-bond donors (Lipinski definition) is 1. The fourth-order valence-electron chi connectivity index (χ4n) is 3.32. The summed E-state index contributed by atoms with van der Waals surface area (Å²) < 4.78 is 7.70. The molecule has 0 aliphatic heterocycles. The number of allylic oxidation sites excluding steroid dienone is 1. The first kappa shape index (κ1) is 20.3. The van der Waals surface area contributed by atoms with Crippen LogP contribution in [0, 0.1) is 6.92 Å². The predicted molar refractivity (Wildman–Crippen MR) is 108 cm³/mol. The van der Waals surface area contributed by atoms with Gasteiger partial charge in [0.25, 0.3) is 5.91 Å². The summed E-state index contributed by atoms with van der Waals surface area (Å²) in [5, 5.41) is 3.14. The van der Waals surface area contributed by atoms with Crippen LogP contribution in [0.1, 0.15) is 56.8 Å². The van der Waals surface area contributed by atoms with Crippen LogP contribution in [0.25, 0.3) is 11.1 Å². The first-order valence-corrected chi connectivity index (χ1v) is 9.62. The molecule has 2 aromatic rings. The number of amides is 1. The number of nitrogens with zero attached hydrogens (tertiary/aromatic N) is 2. The molecule has 1 atom stereocenters. The summed E-state index contributed by atoms with van der Waals surface area (Å²) in [4.78, 5) is 15.2. The Balaban J connectivity index is 2.04. The number of carbonyl (C=O) groups is 1. The maximum absolute atomic E-state index is 12.8. The van der Waals surface area contributed by atoms with Gasteiger partial charge in [0.05, 0.1) is 5.52 Å². The molecule has 5 nitrogen and oxygen atoms in total. The molecule has 0 aliphatic rings. The topological polar surface area (TPSA) is 50.4 Å². The Morgan fingerprint density at radius 3 is 2.65 bits per heavy atom. The number of fused-ring (bicyclic) bond motifs is 1. The van der Waals surface area contributed by atoms with Gasteiger partial charge in [0.2, 0.25) is 0 Å². The first-order chi connectivity index (χ1) is 12.3. The number of nitrogens with one attached hydrogen (secondary N) is 1. The number of furan rings is 1. The third kappa shape index (κ3) is 5.01. The van der Waals surface area contributed by atoms with Gasteiger partial charge in [0.15, 0.2) is 5.58 Å². The third-order valence-corrected chi connectivity index (χ3v) is 4.76. The minimum atomic E-state index is -0.0503. The molecule has 0 radical (unpaired) electrons. The van der Waals surface area contributed by atoms with Crippen LogP contribution in [0.2, 0.25) is 0 Å². The number of aryl methyl sites for hydroxylation is 1. The highest BCUT2D eigenvalue weighted by Crippen LogP contribution is 2.24. The van der Waals surface area contributed by atoms with Gasteiger partial charge in [-0.3, -0.25) is 4.79 Å². The van der Waals surface area contributed by atoms with Gasteiger partial charge in [-0.05, 0) is 53.2 Å². The molecule has 26 heavy (non-hydrogen) atoms. The SMILES string of the molecule is C=C(C)Cn1c(C(=O)NC(C)CCCN(CC)CC)cc2oc(C)cc21. The summed E-state index contributed by atoms with van der Waals surface area (Å²) in [7, 11) is 0. The molecule has 1 unspecified atom stereocenters. The molecule has 2 rings (SSSR count). The Bertz CT molecular complexity index is 753. The van der Waals surface area contributed by atoms with Gasteiger partial charge < -0.3 is 19.2 Å². The van der Waals surface area contributed by atoms with Crippen molar-refractivity contribution in [3.05, 3.63) is 35.7 Å². The summed E-state index contributed by atoms with van der Waals surface area (Å²) in [6, 6.07) is 3.95. The van der Waals surface area contributed by atoms with E-state index in [1.165, 1.54) is 0 Å². The van der Waals surface area contributed by atoms with E-state index in [0.29, 0.717) is 12.2 Å². The molecule has 5 heteroatoms. The van der Waals surface area contributed by atoms with Crippen LogP contribution in [0.3, 0.4) is 0 Å². The number of carbonyl (C=O) groups excluding carboxylic acids is 1. The second-order valence-electron chi connectivity index (χ2n) is 7.22. The molecule has 0 bridgehead atoms. The molecule has 0 saturated heterocycles. The van der Waals surface area contributed by atoms with Crippen LogP contribution in [-0.2, 0) is 6.54 Å². The van der Waals surface area contributed by atoms with Gasteiger partial charge in [0.1, 0.15) is 11.5 Å². The van der Waals surface area contributed by atoms with E-state index in [0.717, 1.165) is 54.9 Å². The highest BCUT2D eigenvalue weighted by molar-refractivity contribution is 5.97. The van der Waals surface area contributed by atoms with Crippen LogP contribution in [-0.4, -0.2) is 41.1 Å². The Morgan fingerprint density at radius 2 is 2.04 bits per heavy atom.